The molecule has 0 aliphatic heterocycles. The fourth-order valence-electron chi connectivity index (χ4n) is 2.38. The first-order valence-corrected chi connectivity index (χ1v) is 8.72. The Morgan fingerprint density at radius 3 is 2.81 bits per heavy atom. The average Bonchev–Trinajstić information content (AvgIpc) is 3.13. The molecular weight excluding hydrogens is 398 g/mol. The van der Waals surface area contributed by atoms with Crippen molar-refractivity contribution in [1.29, 1.82) is 0 Å². The fraction of sp³-hybridized carbons (Fsp3) is 0.118. The maximum absolute atomic E-state index is 5.70. The summed E-state index contributed by atoms with van der Waals surface area (Å²) in [5, 5.41) is 7.55. The third-order valence-electron chi connectivity index (χ3n) is 3.58. The van der Waals surface area contributed by atoms with Gasteiger partial charge in [0.1, 0.15) is 17.9 Å². The van der Waals surface area contributed by atoms with Gasteiger partial charge in [0.05, 0.1) is 4.47 Å². The van der Waals surface area contributed by atoms with Crippen molar-refractivity contribution >= 4 is 33.2 Å². The molecule has 0 radical (unpaired) electrons. The minimum atomic E-state index is 0.279. The lowest BCUT2D eigenvalue weighted by Gasteiger charge is -2.10. The van der Waals surface area contributed by atoms with Crippen molar-refractivity contribution in [1.82, 2.24) is 29.5 Å². The van der Waals surface area contributed by atoms with Gasteiger partial charge in [0.2, 0.25) is 0 Å². The van der Waals surface area contributed by atoms with E-state index in [9.17, 15) is 0 Å². The molecule has 9 heteroatoms. The summed E-state index contributed by atoms with van der Waals surface area (Å²) < 4.78 is 8.15. The van der Waals surface area contributed by atoms with Gasteiger partial charge in [0.15, 0.2) is 0 Å². The molecule has 1 aromatic carbocycles. The molecule has 0 saturated heterocycles. The fourth-order valence-corrected chi connectivity index (χ4v) is 2.58. The number of aromatic nitrogens is 6. The molecule has 0 unspecified atom stereocenters. The number of aryl methyl sites for hydroxylation is 1. The highest BCUT2D eigenvalue weighted by molar-refractivity contribution is 9.10. The number of rotatable bonds is 5. The van der Waals surface area contributed by atoms with Crippen LogP contribution < -0.4 is 10.1 Å². The molecule has 8 nitrogen and oxygen atoms in total. The van der Waals surface area contributed by atoms with Gasteiger partial charge in [-0.3, -0.25) is 0 Å². The maximum atomic E-state index is 5.70. The third-order valence-corrected chi connectivity index (χ3v) is 3.99. The Bertz CT molecular complexity index is 1050. The average molecular weight is 412 g/mol. The number of hydrogen-bond acceptors (Lipinski definition) is 7. The van der Waals surface area contributed by atoms with Crippen LogP contribution in [0.25, 0.3) is 5.78 Å². The summed E-state index contributed by atoms with van der Waals surface area (Å²) >= 11 is 3.30. The lowest BCUT2D eigenvalue weighted by molar-refractivity contribution is 0.441. The summed E-state index contributed by atoms with van der Waals surface area (Å²) in [5.74, 6) is 1.96. The number of anilines is 2. The second kappa shape index (κ2) is 7.04. The molecule has 0 fully saturated rings. The number of fused-ring (bicyclic) bond motifs is 1. The second-order valence-electron chi connectivity index (χ2n) is 5.40. The van der Waals surface area contributed by atoms with E-state index in [-0.39, 0.29) is 6.01 Å². The Morgan fingerprint density at radius 1 is 1.15 bits per heavy atom. The van der Waals surface area contributed by atoms with Gasteiger partial charge in [0, 0.05) is 35.9 Å². The summed E-state index contributed by atoms with van der Waals surface area (Å²) in [4.78, 5) is 16.8. The number of benzene rings is 1. The zero-order valence-electron chi connectivity index (χ0n) is 13.8. The van der Waals surface area contributed by atoms with Gasteiger partial charge in [-0.1, -0.05) is 13.0 Å². The van der Waals surface area contributed by atoms with E-state index in [1.807, 2.05) is 37.3 Å². The molecule has 0 amide bonds. The van der Waals surface area contributed by atoms with E-state index < -0.39 is 0 Å². The van der Waals surface area contributed by atoms with Crippen LogP contribution in [0.1, 0.15) is 12.6 Å². The minimum absolute atomic E-state index is 0.279. The first-order valence-electron chi connectivity index (χ1n) is 7.93. The van der Waals surface area contributed by atoms with E-state index in [4.69, 9.17) is 4.74 Å². The van der Waals surface area contributed by atoms with Crippen molar-refractivity contribution in [2.75, 3.05) is 5.32 Å². The van der Waals surface area contributed by atoms with Gasteiger partial charge in [-0.25, -0.2) is 15.0 Å². The van der Waals surface area contributed by atoms with Crippen molar-refractivity contribution in [2.24, 2.45) is 0 Å². The van der Waals surface area contributed by atoms with E-state index in [1.54, 1.807) is 16.9 Å². The molecule has 4 aromatic rings. The van der Waals surface area contributed by atoms with Crippen molar-refractivity contribution in [2.45, 2.75) is 13.3 Å². The predicted molar refractivity (Wildman–Crippen MR) is 99.7 cm³/mol. The molecule has 0 spiro atoms. The van der Waals surface area contributed by atoms with Crippen LogP contribution in [0.4, 0.5) is 11.5 Å². The number of halogens is 1. The SMILES string of the molecule is CCc1cc(Nc2cccc(Oc3ncc(Br)cn3)c2)n2ncnc2n1. The van der Waals surface area contributed by atoms with E-state index in [0.717, 1.165) is 28.1 Å². The standard InChI is InChI=1S/C17H14BrN7O/c1-2-12-7-15(25-16(24-12)21-10-22-25)23-13-4-3-5-14(6-13)26-17-19-8-11(18)9-20-17/h3-10,23H,2H2,1H3. The zero-order valence-corrected chi connectivity index (χ0v) is 15.4. The Morgan fingerprint density at radius 2 is 2.00 bits per heavy atom. The van der Waals surface area contributed by atoms with Crippen molar-refractivity contribution < 1.29 is 4.74 Å². The summed E-state index contributed by atoms with van der Waals surface area (Å²) in [6.45, 7) is 2.05. The number of nitrogens with one attached hydrogen (secondary N) is 1. The van der Waals surface area contributed by atoms with Crippen LogP contribution in [0.5, 0.6) is 11.8 Å². The van der Waals surface area contributed by atoms with E-state index in [2.05, 4.69) is 46.3 Å². The van der Waals surface area contributed by atoms with Gasteiger partial charge in [-0.15, -0.1) is 0 Å². The van der Waals surface area contributed by atoms with E-state index >= 15 is 0 Å². The quantitative estimate of drug-likeness (QED) is 0.534. The molecule has 130 valence electrons. The van der Waals surface area contributed by atoms with Gasteiger partial charge >= 0.3 is 6.01 Å². The molecule has 1 N–H and O–H groups in total. The zero-order chi connectivity index (χ0) is 17.9. The van der Waals surface area contributed by atoms with Crippen LogP contribution >= 0.6 is 15.9 Å². The van der Waals surface area contributed by atoms with Crippen LogP contribution in [0, 0.1) is 0 Å². The van der Waals surface area contributed by atoms with Crippen LogP contribution in [-0.4, -0.2) is 29.5 Å². The molecule has 4 rings (SSSR count). The number of nitrogens with zero attached hydrogens (tertiary/aromatic N) is 6. The van der Waals surface area contributed by atoms with Crippen molar-refractivity contribution in [3.63, 3.8) is 0 Å². The summed E-state index contributed by atoms with van der Waals surface area (Å²) in [7, 11) is 0. The smallest absolute Gasteiger partial charge is 0.321 e. The predicted octanol–water partition coefficient (Wildman–Crippen LogP) is 3.78. The van der Waals surface area contributed by atoms with Crippen LogP contribution in [0.2, 0.25) is 0 Å². The Labute approximate surface area is 157 Å². The molecule has 0 aliphatic rings. The lowest BCUT2D eigenvalue weighted by Crippen LogP contribution is -2.04. The Kier molecular flexibility index (Phi) is 4.44. The number of ether oxygens (including phenoxy) is 1. The third kappa shape index (κ3) is 3.47. The Balaban J connectivity index is 1.61. The van der Waals surface area contributed by atoms with Gasteiger partial charge in [-0.2, -0.15) is 14.6 Å². The minimum Gasteiger partial charge on any atom is -0.424 e. The molecule has 0 atom stereocenters. The molecule has 0 bridgehead atoms. The monoisotopic (exact) mass is 411 g/mol. The maximum Gasteiger partial charge on any atom is 0.321 e. The highest BCUT2D eigenvalue weighted by Gasteiger charge is 2.08. The first-order chi connectivity index (χ1) is 12.7. The van der Waals surface area contributed by atoms with Gasteiger partial charge < -0.3 is 10.1 Å². The topological polar surface area (TPSA) is 90.1 Å². The molecule has 3 aromatic heterocycles. The lowest BCUT2D eigenvalue weighted by atomic mass is 10.3. The highest BCUT2D eigenvalue weighted by Crippen LogP contribution is 2.25. The summed E-state index contributed by atoms with van der Waals surface area (Å²) in [5.41, 5.74) is 1.77. The van der Waals surface area contributed by atoms with E-state index in [0.29, 0.717) is 11.5 Å². The Hall–Kier alpha value is -3.07. The van der Waals surface area contributed by atoms with Crippen LogP contribution in [-0.2, 0) is 6.42 Å². The summed E-state index contributed by atoms with van der Waals surface area (Å²) in [6, 6.07) is 9.75. The first kappa shape index (κ1) is 16.4. The van der Waals surface area contributed by atoms with Gasteiger partial charge in [-0.05, 0) is 34.5 Å². The van der Waals surface area contributed by atoms with Gasteiger partial charge in [0.25, 0.3) is 5.78 Å². The van der Waals surface area contributed by atoms with Crippen LogP contribution in [0.3, 0.4) is 0 Å². The second-order valence-corrected chi connectivity index (χ2v) is 6.31. The number of hydrogen-bond donors (Lipinski definition) is 1. The molecule has 3 heterocycles. The normalized spacial score (nSPS) is 10.8. The van der Waals surface area contributed by atoms with Crippen LogP contribution in [0.15, 0.2) is 53.5 Å². The van der Waals surface area contributed by atoms with Crippen molar-refractivity contribution in [3.8, 4) is 11.8 Å². The highest BCUT2D eigenvalue weighted by atomic mass is 79.9. The largest absolute Gasteiger partial charge is 0.424 e. The summed E-state index contributed by atoms with van der Waals surface area (Å²) in [6.07, 6.45) is 5.56. The van der Waals surface area contributed by atoms with E-state index in [1.165, 1.54) is 6.33 Å². The molecule has 26 heavy (non-hydrogen) atoms. The molecule has 0 aliphatic carbocycles. The van der Waals surface area contributed by atoms with Crippen molar-refractivity contribution in [3.05, 3.63) is 59.2 Å². The molecule has 0 saturated carbocycles. The molecular formula is C17H14BrN7O.